The molecule has 3 N–H and O–H groups in total. The van der Waals surface area contributed by atoms with E-state index in [1.807, 2.05) is 12.1 Å². The van der Waals surface area contributed by atoms with Crippen molar-refractivity contribution >= 4 is 22.9 Å². The zero-order valence-electron chi connectivity index (χ0n) is 19.4. The molecule has 1 amide bonds. The highest BCUT2D eigenvalue weighted by molar-refractivity contribution is 5.81. The fraction of sp³-hybridized carbons (Fsp3) is 0.360. The number of aromatic amines is 1. The quantitative estimate of drug-likeness (QED) is 0.416. The number of aliphatic hydroxyl groups is 1. The van der Waals surface area contributed by atoms with Crippen LogP contribution in [0.3, 0.4) is 0 Å². The van der Waals surface area contributed by atoms with E-state index in [1.54, 1.807) is 42.3 Å². The molecule has 2 heterocycles. The van der Waals surface area contributed by atoms with Crippen molar-refractivity contribution in [2.75, 3.05) is 33.3 Å². The van der Waals surface area contributed by atoms with Crippen LogP contribution in [-0.4, -0.2) is 81.3 Å². The predicted octanol–water partition coefficient (Wildman–Crippen LogP) is 1.20. The first-order valence-electron chi connectivity index (χ1n) is 11.4. The van der Waals surface area contributed by atoms with Gasteiger partial charge in [-0.25, -0.2) is 9.78 Å². The number of amides is 1. The van der Waals surface area contributed by atoms with Crippen molar-refractivity contribution in [1.29, 1.82) is 0 Å². The van der Waals surface area contributed by atoms with Gasteiger partial charge in [-0.1, -0.05) is 18.2 Å². The van der Waals surface area contributed by atoms with Gasteiger partial charge >= 0.3 is 5.97 Å². The fourth-order valence-corrected chi connectivity index (χ4v) is 4.30. The second-order valence-electron chi connectivity index (χ2n) is 8.75. The molecule has 10 nitrogen and oxygen atoms in total. The fourth-order valence-electron chi connectivity index (χ4n) is 4.30. The van der Waals surface area contributed by atoms with Crippen molar-refractivity contribution in [3.63, 3.8) is 0 Å². The zero-order valence-corrected chi connectivity index (χ0v) is 19.4. The number of aromatic nitrogens is 2. The van der Waals surface area contributed by atoms with Gasteiger partial charge in [-0.3, -0.25) is 14.5 Å². The number of hydrogen-bond donors (Lipinski definition) is 3. The third-order valence-corrected chi connectivity index (χ3v) is 6.14. The maximum Gasteiger partial charge on any atom is 0.341 e. The Balaban J connectivity index is 1.56. The maximum atomic E-state index is 13.3. The Labute approximate surface area is 201 Å². The number of aliphatic carboxylic acids is 1. The minimum absolute atomic E-state index is 0.123. The van der Waals surface area contributed by atoms with Crippen LogP contribution < -0.4 is 10.3 Å². The molecule has 184 valence electrons. The molecule has 0 unspecified atom stereocenters. The van der Waals surface area contributed by atoms with Gasteiger partial charge in [0.15, 0.2) is 6.61 Å². The highest BCUT2D eigenvalue weighted by Gasteiger charge is 2.28. The molecule has 2 aromatic carbocycles. The molecule has 1 aliphatic rings. The SMILES string of the molecule is CN(C(=O)Cc1ccc2ncc(=O)[nH]c2c1)[C@H](CN1CC[C@H](O)C1)c1cccc(OCC(=O)O)c1. The summed E-state index contributed by atoms with van der Waals surface area (Å²) in [6, 6.07) is 12.0. The second kappa shape index (κ2) is 10.7. The number of likely N-dealkylation sites (tertiary alicyclic amines) is 1. The Kier molecular flexibility index (Phi) is 7.42. The minimum atomic E-state index is -1.07. The topological polar surface area (TPSA) is 136 Å². The first kappa shape index (κ1) is 24.4. The molecule has 0 saturated carbocycles. The molecular formula is C25H28N4O6. The Morgan fingerprint density at radius 1 is 1.29 bits per heavy atom. The lowest BCUT2D eigenvalue weighted by Gasteiger charge is -2.32. The van der Waals surface area contributed by atoms with Crippen LogP contribution in [0.15, 0.2) is 53.5 Å². The number of carbonyl (C=O) groups is 2. The summed E-state index contributed by atoms with van der Waals surface area (Å²) in [6.07, 6.45) is 1.62. The van der Waals surface area contributed by atoms with Crippen LogP contribution in [0.5, 0.6) is 5.75 Å². The van der Waals surface area contributed by atoms with E-state index < -0.39 is 18.7 Å². The molecule has 1 saturated heterocycles. The van der Waals surface area contributed by atoms with E-state index in [4.69, 9.17) is 9.84 Å². The number of fused-ring (bicyclic) bond motifs is 1. The van der Waals surface area contributed by atoms with Gasteiger partial charge in [0.25, 0.3) is 5.56 Å². The molecule has 1 aliphatic heterocycles. The Morgan fingerprint density at radius 2 is 2.11 bits per heavy atom. The average Bonchev–Trinajstić information content (AvgIpc) is 3.25. The van der Waals surface area contributed by atoms with E-state index in [-0.39, 0.29) is 23.9 Å². The summed E-state index contributed by atoms with van der Waals surface area (Å²) >= 11 is 0. The normalized spacial score (nSPS) is 16.8. The van der Waals surface area contributed by atoms with Crippen LogP contribution in [0.1, 0.15) is 23.6 Å². The number of carbonyl (C=O) groups excluding carboxylic acids is 1. The van der Waals surface area contributed by atoms with Crippen molar-refractivity contribution in [2.45, 2.75) is 25.0 Å². The lowest BCUT2D eigenvalue weighted by molar-refractivity contribution is -0.139. The van der Waals surface area contributed by atoms with Crippen LogP contribution in [0.25, 0.3) is 11.0 Å². The Hall–Kier alpha value is -3.76. The number of aliphatic hydroxyl groups excluding tert-OH is 1. The molecule has 0 bridgehead atoms. The van der Waals surface area contributed by atoms with Gasteiger partial charge < -0.3 is 24.8 Å². The number of benzene rings is 2. The Morgan fingerprint density at radius 3 is 2.86 bits per heavy atom. The van der Waals surface area contributed by atoms with Crippen molar-refractivity contribution in [1.82, 2.24) is 19.8 Å². The number of nitrogens with one attached hydrogen (secondary N) is 1. The van der Waals surface area contributed by atoms with Gasteiger partial charge in [0.2, 0.25) is 5.91 Å². The molecule has 4 rings (SSSR count). The van der Waals surface area contributed by atoms with Crippen LogP contribution in [0, 0.1) is 0 Å². The molecule has 1 fully saturated rings. The van der Waals surface area contributed by atoms with E-state index in [9.17, 15) is 19.5 Å². The van der Waals surface area contributed by atoms with Crippen LogP contribution in [0.4, 0.5) is 0 Å². The largest absolute Gasteiger partial charge is 0.482 e. The van der Waals surface area contributed by atoms with Crippen molar-refractivity contribution in [3.05, 3.63) is 70.1 Å². The van der Waals surface area contributed by atoms with Crippen LogP contribution in [0.2, 0.25) is 0 Å². The monoisotopic (exact) mass is 480 g/mol. The van der Waals surface area contributed by atoms with E-state index in [2.05, 4.69) is 14.9 Å². The standard InChI is InChI=1S/C25H28N4O6/c1-28(24(32)10-16-5-6-20-21(9-16)27-23(31)12-26-20)22(14-29-8-7-18(30)13-29)17-3-2-4-19(11-17)35-15-25(33)34/h2-6,9,11-12,18,22,30H,7-8,10,13-15H2,1H3,(H,27,31)(H,33,34)/t18-,22+/m0/s1. The van der Waals surface area contributed by atoms with Crippen LogP contribution in [-0.2, 0) is 16.0 Å². The van der Waals surface area contributed by atoms with E-state index in [0.29, 0.717) is 36.3 Å². The summed E-state index contributed by atoms with van der Waals surface area (Å²) in [4.78, 5) is 46.4. The number of rotatable bonds is 9. The smallest absolute Gasteiger partial charge is 0.341 e. The van der Waals surface area contributed by atoms with Crippen LogP contribution >= 0.6 is 0 Å². The number of β-amino-alcohol motifs (C(OH)–C–C–N with tert-alkyl or cyclic N) is 1. The average molecular weight is 481 g/mol. The highest BCUT2D eigenvalue weighted by atomic mass is 16.5. The van der Waals surface area contributed by atoms with Gasteiger partial charge in [0.1, 0.15) is 5.75 Å². The first-order valence-corrected chi connectivity index (χ1v) is 11.4. The van der Waals surface area contributed by atoms with Crippen molar-refractivity contribution in [3.8, 4) is 5.75 Å². The number of carboxylic acid groups (broad SMARTS) is 1. The predicted molar refractivity (Wildman–Crippen MR) is 128 cm³/mol. The lowest BCUT2D eigenvalue weighted by atomic mass is 10.0. The molecular weight excluding hydrogens is 452 g/mol. The van der Waals surface area contributed by atoms with Gasteiger partial charge in [-0.2, -0.15) is 0 Å². The number of likely N-dealkylation sites (N-methyl/N-ethyl adjacent to an activating group) is 1. The lowest BCUT2D eigenvalue weighted by Crippen LogP contribution is -2.39. The summed E-state index contributed by atoms with van der Waals surface area (Å²) in [5.41, 5.74) is 2.44. The second-order valence-corrected chi connectivity index (χ2v) is 8.75. The van der Waals surface area contributed by atoms with Gasteiger partial charge in [-0.15, -0.1) is 0 Å². The molecule has 0 aliphatic carbocycles. The molecule has 0 radical (unpaired) electrons. The van der Waals surface area contributed by atoms with Crippen molar-refractivity contribution in [2.24, 2.45) is 0 Å². The van der Waals surface area contributed by atoms with E-state index in [1.165, 1.54) is 6.20 Å². The Bertz CT molecular complexity index is 1280. The highest BCUT2D eigenvalue weighted by Crippen LogP contribution is 2.27. The molecule has 0 spiro atoms. The number of ether oxygens (including phenoxy) is 1. The summed E-state index contributed by atoms with van der Waals surface area (Å²) in [5.74, 6) is -0.794. The van der Waals surface area contributed by atoms with Gasteiger partial charge in [0.05, 0.1) is 35.8 Å². The van der Waals surface area contributed by atoms with Gasteiger partial charge in [-0.05, 0) is 41.8 Å². The number of H-pyrrole nitrogens is 1. The molecule has 2 atom stereocenters. The molecule has 1 aromatic heterocycles. The summed E-state index contributed by atoms with van der Waals surface area (Å²) in [5, 5.41) is 18.9. The summed E-state index contributed by atoms with van der Waals surface area (Å²) in [7, 11) is 1.73. The molecule has 35 heavy (non-hydrogen) atoms. The zero-order chi connectivity index (χ0) is 24.9. The van der Waals surface area contributed by atoms with E-state index >= 15 is 0 Å². The minimum Gasteiger partial charge on any atom is -0.482 e. The maximum absolute atomic E-state index is 13.3. The molecule has 3 aromatic rings. The number of carboxylic acids is 1. The number of hydrogen-bond acceptors (Lipinski definition) is 7. The van der Waals surface area contributed by atoms with Gasteiger partial charge in [0, 0.05) is 26.7 Å². The summed E-state index contributed by atoms with van der Waals surface area (Å²) in [6.45, 7) is 1.30. The summed E-state index contributed by atoms with van der Waals surface area (Å²) < 4.78 is 5.34. The number of nitrogens with zero attached hydrogens (tertiary/aromatic N) is 3. The first-order chi connectivity index (χ1) is 16.8. The van der Waals surface area contributed by atoms with E-state index in [0.717, 1.165) is 17.7 Å². The van der Waals surface area contributed by atoms with Crippen molar-refractivity contribution < 1.29 is 24.5 Å². The molecule has 10 heteroatoms. The third-order valence-electron chi connectivity index (χ3n) is 6.14. The third kappa shape index (κ3) is 6.23.